The SMILES string of the molecule is O=C(c1cc2ccccc2[nH]1)N1CC(Oc2ccc(C(F)(F)F)cn2)C1. The number of aromatic amines is 1. The molecule has 0 atom stereocenters. The maximum Gasteiger partial charge on any atom is 0.417 e. The van der Waals surface area contributed by atoms with Crippen LogP contribution in [0.1, 0.15) is 16.1 Å². The third-order valence-electron chi connectivity index (χ3n) is 4.25. The first-order chi connectivity index (χ1) is 12.4. The Balaban J connectivity index is 1.35. The molecule has 0 bridgehead atoms. The molecule has 4 rings (SSSR count). The molecule has 26 heavy (non-hydrogen) atoms. The number of pyridine rings is 1. The van der Waals surface area contributed by atoms with Gasteiger partial charge in [0, 0.05) is 23.2 Å². The highest BCUT2D eigenvalue weighted by atomic mass is 19.4. The van der Waals surface area contributed by atoms with Crippen LogP contribution in [-0.2, 0) is 6.18 Å². The Morgan fingerprint density at radius 2 is 1.96 bits per heavy atom. The predicted molar refractivity (Wildman–Crippen MR) is 87.9 cm³/mol. The molecule has 2 aromatic heterocycles. The maximum atomic E-state index is 12.5. The summed E-state index contributed by atoms with van der Waals surface area (Å²) in [5, 5.41) is 0.957. The quantitative estimate of drug-likeness (QED) is 0.777. The summed E-state index contributed by atoms with van der Waals surface area (Å²) in [4.78, 5) is 20.8. The molecule has 0 saturated carbocycles. The lowest BCUT2D eigenvalue weighted by atomic mass is 10.1. The summed E-state index contributed by atoms with van der Waals surface area (Å²) in [6.45, 7) is 0.716. The average Bonchev–Trinajstić information content (AvgIpc) is 3.01. The second kappa shape index (κ2) is 6.05. The molecule has 0 unspecified atom stereocenters. The maximum absolute atomic E-state index is 12.5. The van der Waals surface area contributed by atoms with Crippen molar-refractivity contribution in [3.05, 3.63) is 59.9 Å². The number of nitrogens with zero attached hydrogens (tertiary/aromatic N) is 2. The van der Waals surface area contributed by atoms with Gasteiger partial charge in [-0.25, -0.2) is 4.98 Å². The molecule has 0 aliphatic carbocycles. The number of para-hydroxylation sites is 1. The van der Waals surface area contributed by atoms with Gasteiger partial charge in [-0.05, 0) is 18.2 Å². The van der Waals surface area contributed by atoms with E-state index in [0.717, 1.165) is 23.2 Å². The van der Waals surface area contributed by atoms with Crippen molar-refractivity contribution in [3.63, 3.8) is 0 Å². The van der Waals surface area contributed by atoms with E-state index in [1.54, 1.807) is 11.0 Å². The third-order valence-corrected chi connectivity index (χ3v) is 4.25. The van der Waals surface area contributed by atoms with Gasteiger partial charge in [-0.3, -0.25) is 4.79 Å². The number of alkyl halides is 3. The van der Waals surface area contributed by atoms with Gasteiger partial charge in [-0.15, -0.1) is 0 Å². The van der Waals surface area contributed by atoms with Crippen LogP contribution in [0.2, 0.25) is 0 Å². The van der Waals surface area contributed by atoms with Gasteiger partial charge in [0.15, 0.2) is 0 Å². The first kappa shape index (κ1) is 16.4. The number of aromatic nitrogens is 2. The number of likely N-dealkylation sites (tertiary alicyclic amines) is 1. The number of hydrogen-bond donors (Lipinski definition) is 1. The number of ether oxygens (including phenoxy) is 1. The summed E-state index contributed by atoms with van der Waals surface area (Å²) in [5.74, 6) is -0.0258. The van der Waals surface area contributed by atoms with E-state index < -0.39 is 11.7 Å². The molecular formula is C18H14F3N3O2. The van der Waals surface area contributed by atoms with Crippen molar-refractivity contribution in [1.82, 2.24) is 14.9 Å². The first-order valence-electron chi connectivity index (χ1n) is 7.97. The molecule has 1 fully saturated rings. The molecule has 8 heteroatoms. The van der Waals surface area contributed by atoms with Crippen molar-refractivity contribution in [2.45, 2.75) is 12.3 Å². The van der Waals surface area contributed by atoms with Gasteiger partial charge in [0.1, 0.15) is 11.8 Å². The molecule has 1 aliphatic rings. The van der Waals surface area contributed by atoms with Gasteiger partial charge in [-0.1, -0.05) is 18.2 Å². The molecule has 0 spiro atoms. The summed E-state index contributed by atoms with van der Waals surface area (Å²) >= 11 is 0. The van der Waals surface area contributed by atoms with E-state index >= 15 is 0 Å². The van der Waals surface area contributed by atoms with E-state index in [9.17, 15) is 18.0 Å². The highest BCUT2D eigenvalue weighted by Gasteiger charge is 2.34. The standard InChI is InChI=1S/C18H14F3N3O2/c19-18(20,21)12-5-6-16(22-8-12)26-13-9-24(10-13)17(25)15-7-11-3-1-2-4-14(11)23-15/h1-8,13,23H,9-10H2. The number of fused-ring (bicyclic) bond motifs is 1. The fraction of sp³-hybridized carbons (Fsp3) is 0.222. The zero-order valence-electron chi connectivity index (χ0n) is 13.5. The number of amides is 1. The Labute approximate surface area is 146 Å². The molecule has 5 nitrogen and oxygen atoms in total. The number of carbonyl (C=O) groups is 1. The van der Waals surface area contributed by atoms with Crippen LogP contribution in [0.15, 0.2) is 48.7 Å². The number of hydrogen-bond acceptors (Lipinski definition) is 3. The summed E-state index contributed by atoms with van der Waals surface area (Å²) in [5.41, 5.74) is 0.560. The minimum absolute atomic E-state index is 0.112. The molecule has 1 aromatic carbocycles. The summed E-state index contributed by atoms with van der Waals surface area (Å²) in [7, 11) is 0. The monoisotopic (exact) mass is 361 g/mol. The summed E-state index contributed by atoms with van der Waals surface area (Å²) < 4.78 is 43.0. The lowest BCUT2D eigenvalue weighted by molar-refractivity contribution is -0.137. The lowest BCUT2D eigenvalue weighted by Gasteiger charge is -2.38. The van der Waals surface area contributed by atoms with Crippen LogP contribution < -0.4 is 4.74 Å². The lowest BCUT2D eigenvalue weighted by Crippen LogP contribution is -2.56. The van der Waals surface area contributed by atoms with Crippen LogP contribution in [0.3, 0.4) is 0 Å². The largest absolute Gasteiger partial charge is 0.471 e. The van der Waals surface area contributed by atoms with Crippen molar-refractivity contribution < 1.29 is 22.7 Å². The summed E-state index contributed by atoms with van der Waals surface area (Å²) in [6, 6.07) is 11.5. The van der Waals surface area contributed by atoms with Crippen molar-refractivity contribution >= 4 is 16.8 Å². The van der Waals surface area contributed by atoms with Gasteiger partial charge < -0.3 is 14.6 Å². The normalized spacial score (nSPS) is 15.1. The zero-order valence-corrected chi connectivity index (χ0v) is 13.5. The van der Waals surface area contributed by atoms with Crippen LogP contribution in [0.25, 0.3) is 10.9 Å². The number of benzene rings is 1. The smallest absolute Gasteiger partial charge is 0.417 e. The predicted octanol–water partition coefficient (Wildman–Crippen LogP) is 3.49. The Bertz CT molecular complexity index is 911. The fourth-order valence-corrected chi connectivity index (χ4v) is 2.83. The van der Waals surface area contributed by atoms with Gasteiger partial charge in [-0.2, -0.15) is 13.2 Å². The van der Waals surface area contributed by atoms with Gasteiger partial charge in [0.2, 0.25) is 5.88 Å². The minimum atomic E-state index is -4.43. The van der Waals surface area contributed by atoms with Crippen LogP contribution in [0.4, 0.5) is 13.2 Å². The van der Waals surface area contributed by atoms with E-state index in [1.807, 2.05) is 24.3 Å². The number of carbonyl (C=O) groups excluding carboxylic acids is 1. The Morgan fingerprint density at radius 1 is 1.19 bits per heavy atom. The Hall–Kier alpha value is -3.03. The van der Waals surface area contributed by atoms with E-state index in [-0.39, 0.29) is 17.9 Å². The molecule has 1 aliphatic heterocycles. The van der Waals surface area contributed by atoms with Crippen molar-refractivity contribution in [2.75, 3.05) is 13.1 Å². The molecule has 1 amide bonds. The zero-order chi connectivity index (χ0) is 18.3. The van der Waals surface area contributed by atoms with Crippen molar-refractivity contribution in [3.8, 4) is 5.88 Å². The Kier molecular flexibility index (Phi) is 3.82. The number of H-pyrrole nitrogens is 1. The number of rotatable bonds is 3. The van der Waals surface area contributed by atoms with E-state index in [4.69, 9.17) is 4.74 Å². The number of nitrogens with one attached hydrogen (secondary N) is 1. The fourth-order valence-electron chi connectivity index (χ4n) is 2.83. The molecule has 3 heterocycles. The highest BCUT2D eigenvalue weighted by Crippen LogP contribution is 2.29. The minimum Gasteiger partial charge on any atom is -0.471 e. The Morgan fingerprint density at radius 3 is 2.62 bits per heavy atom. The summed E-state index contributed by atoms with van der Waals surface area (Å²) in [6.07, 6.45) is -3.97. The van der Waals surface area contributed by atoms with Crippen molar-refractivity contribution in [1.29, 1.82) is 0 Å². The van der Waals surface area contributed by atoms with Crippen molar-refractivity contribution in [2.24, 2.45) is 0 Å². The van der Waals surface area contributed by atoms with Gasteiger partial charge in [0.05, 0.1) is 18.7 Å². The van der Waals surface area contributed by atoms with E-state index in [1.165, 1.54) is 6.07 Å². The third kappa shape index (κ3) is 3.10. The van der Waals surface area contributed by atoms with E-state index in [2.05, 4.69) is 9.97 Å². The van der Waals surface area contributed by atoms with E-state index in [0.29, 0.717) is 18.8 Å². The number of halogens is 3. The van der Waals surface area contributed by atoms with Crippen LogP contribution in [0, 0.1) is 0 Å². The molecule has 1 N–H and O–H groups in total. The molecular weight excluding hydrogens is 347 g/mol. The van der Waals surface area contributed by atoms with Crippen LogP contribution in [-0.4, -0.2) is 40.0 Å². The van der Waals surface area contributed by atoms with Crippen LogP contribution >= 0.6 is 0 Å². The van der Waals surface area contributed by atoms with Gasteiger partial charge >= 0.3 is 6.18 Å². The first-order valence-corrected chi connectivity index (χ1v) is 7.97. The highest BCUT2D eigenvalue weighted by molar-refractivity contribution is 5.98. The topological polar surface area (TPSA) is 58.2 Å². The second-order valence-corrected chi connectivity index (χ2v) is 6.10. The van der Waals surface area contributed by atoms with Crippen LogP contribution in [0.5, 0.6) is 5.88 Å². The second-order valence-electron chi connectivity index (χ2n) is 6.10. The van der Waals surface area contributed by atoms with Gasteiger partial charge in [0.25, 0.3) is 5.91 Å². The molecule has 3 aromatic rings. The average molecular weight is 361 g/mol. The molecule has 0 radical (unpaired) electrons. The molecule has 1 saturated heterocycles. The molecule has 134 valence electrons.